The van der Waals surface area contributed by atoms with E-state index in [1.807, 2.05) is 103 Å². The van der Waals surface area contributed by atoms with Crippen LogP contribution < -0.4 is 0 Å². The standard InChI is InChI=1S/C45H27N3O2/c1-2-11-30(12-3-1)45-47-36(27-37(48-45)32-15-8-20-40-42(32)33-13-4-6-18-38(33)49-40)29-24-22-28(23-25-29)31-17-10-26-46-44(31)35-16-9-21-41-43(35)34-14-5-7-19-39(34)50-41/h1-27H. The van der Waals surface area contributed by atoms with Crippen molar-refractivity contribution in [2.45, 2.75) is 0 Å². The number of hydrogen-bond donors (Lipinski definition) is 0. The van der Waals surface area contributed by atoms with Crippen molar-refractivity contribution in [2.75, 3.05) is 0 Å². The molecule has 10 aromatic rings. The highest BCUT2D eigenvalue weighted by atomic mass is 16.3. The van der Waals surface area contributed by atoms with Gasteiger partial charge in [0.1, 0.15) is 22.3 Å². The van der Waals surface area contributed by atoms with Crippen molar-refractivity contribution >= 4 is 43.9 Å². The Balaban J connectivity index is 1.11. The summed E-state index contributed by atoms with van der Waals surface area (Å²) in [4.78, 5) is 15.1. The number of nitrogens with zero attached hydrogens (tertiary/aromatic N) is 3. The molecule has 10 rings (SSSR count). The molecular formula is C45H27N3O2. The van der Waals surface area contributed by atoms with Crippen molar-refractivity contribution in [1.29, 1.82) is 0 Å². The van der Waals surface area contributed by atoms with Crippen LogP contribution in [0.3, 0.4) is 0 Å². The predicted octanol–water partition coefficient (Wildman–Crippen LogP) is 12.0. The topological polar surface area (TPSA) is 65.0 Å². The quantitative estimate of drug-likeness (QED) is 0.187. The van der Waals surface area contributed by atoms with Crippen molar-refractivity contribution in [3.05, 3.63) is 164 Å². The summed E-state index contributed by atoms with van der Waals surface area (Å²) in [5.74, 6) is 0.668. The minimum absolute atomic E-state index is 0.668. The van der Waals surface area contributed by atoms with Crippen LogP contribution in [-0.2, 0) is 0 Å². The van der Waals surface area contributed by atoms with Gasteiger partial charge in [-0.1, -0.05) is 121 Å². The first-order chi connectivity index (χ1) is 24.8. The molecule has 6 aromatic carbocycles. The SMILES string of the molecule is c1ccc(-c2nc(-c3ccc(-c4cccnc4-c4cccc5oc6ccccc6c45)cc3)cc(-c3cccc4oc5ccccc5c34)n2)cc1. The zero-order valence-corrected chi connectivity index (χ0v) is 26.7. The van der Waals surface area contributed by atoms with Crippen molar-refractivity contribution in [2.24, 2.45) is 0 Å². The molecule has 50 heavy (non-hydrogen) atoms. The Labute approximate surface area is 287 Å². The molecule has 4 heterocycles. The predicted molar refractivity (Wildman–Crippen MR) is 202 cm³/mol. The van der Waals surface area contributed by atoms with E-state index in [9.17, 15) is 0 Å². The van der Waals surface area contributed by atoms with Crippen LogP contribution in [0.1, 0.15) is 0 Å². The Hall–Kier alpha value is -6.85. The highest BCUT2D eigenvalue weighted by Crippen LogP contribution is 2.41. The molecule has 5 heteroatoms. The van der Waals surface area contributed by atoms with Gasteiger partial charge in [0, 0.05) is 55.6 Å². The Bertz CT molecular complexity index is 2870. The van der Waals surface area contributed by atoms with E-state index < -0.39 is 0 Å². The third-order valence-corrected chi connectivity index (χ3v) is 9.39. The molecule has 5 nitrogen and oxygen atoms in total. The van der Waals surface area contributed by atoms with Gasteiger partial charge in [-0.25, -0.2) is 9.97 Å². The molecule has 234 valence electrons. The fourth-order valence-electron chi connectivity index (χ4n) is 7.08. The maximum Gasteiger partial charge on any atom is 0.160 e. The Kier molecular flexibility index (Phi) is 6.42. The fraction of sp³-hybridized carbons (Fsp3) is 0. The average Bonchev–Trinajstić information content (AvgIpc) is 3.77. The van der Waals surface area contributed by atoms with Crippen LogP contribution in [0, 0.1) is 0 Å². The lowest BCUT2D eigenvalue weighted by molar-refractivity contribution is 0.668. The zero-order chi connectivity index (χ0) is 33.0. The Morgan fingerprint density at radius 2 is 0.940 bits per heavy atom. The van der Waals surface area contributed by atoms with Crippen molar-refractivity contribution in [3.8, 4) is 56.3 Å². The number of para-hydroxylation sites is 2. The molecule has 0 saturated heterocycles. The number of furan rings is 2. The van der Waals surface area contributed by atoms with Gasteiger partial charge in [-0.3, -0.25) is 4.98 Å². The van der Waals surface area contributed by atoms with Crippen LogP contribution >= 0.6 is 0 Å². The highest BCUT2D eigenvalue weighted by Gasteiger charge is 2.18. The second-order valence-corrected chi connectivity index (χ2v) is 12.4. The van der Waals surface area contributed by atoms with E-state index in [0.717, 1.165) is 94.3 Å². The molecule has 0 atom stereocenters. The van der Waals surface area contributed by atoms with Crippen LogP contribution in [-0.4, -0.2) is 15.0 Å². The maximum absolute atomic E-state index is 6.23. The minimum atomic E-state index is 0.668. The summed E-state index contributed by atoms with van der Waals surface area (Å²) < 4.78 is 12.4. The number of rotatable bonds is 5. The normalized spacial score (nSPS) is 11.6. The number of benzene rings is 6. The third-order valence-electron chi connectivity index (χ3n) is 9.39. The number of fused-ring (bicyclic) bond motifs is 6. The highest BCUT2D eigenvalue weighted by molar-refractivity contribution is 6.13. The van der Waals surface area contributed by atoms with Gasteiger partial charge in [-0.15, -0.1) is 0 Å². The Morgan fingerprint density at radius 1 is 0.380 bits per heavy atom. The van der Waals surface area contributed by atoms with Crippen LogP contribution in [0.4, 0.5) is 0 Å². The molecule has 0 radical (unpaired) electrons. The summed E-state index contributed by atoms with van der Waals surface area (Å²) >= 11 is 0. The lowest BCUT2D eigenvalue weighted by Gasteiger charge is -2.12. The molecule has 4 aromatic heterocycles. The molecule has 0 saturated carbocycles. The van der Waals surface area contributed by atoms with Crippen molar-refractivity contribution in [3.63, 3.8) is 0 Å². The van der Waals surface area contributed by atoms with Gasteiger partial charge in [0.25, 0.3) is 0 Å². The summed E-state index contributed by atoms with van der Waals surface area (Å²) in [5.41, 5.74) is 12.1. The maximum atomic E-state index is 6.23. The number of pyridine rings is 1. The molecule has 0 fully saturated rings. The van der Waals surface area contributed by atoms with Crippen LogP contribution in [0.25, 0.3) is 100 Å². The summed E-state index contributed by atoms with van der Waals surface area (Å²) in [5, 5.41) is 4.27. The zero-order valence-electron chi connectivity index (χ0n) is 26.7. The summed E-state index contributed by atoms with van der Waals surface area (Å²) in [6.45, 7) is 0. The lowest BCUT2D eigenvalue weighted by Crippen LogP contribution is -1.96. The molecule has 0 unspecified atom stereocenters. The van der Waals surface area contributed by atoms with E-state index in [0.29, 0.717) is 5.82 Å². The number of aromatic nitrogens is 3. The van der Waals surface area contributed by atoms with Gasteiger partial charge in [-0.05, 0) is 42.0 Å². The molecule has 0 N–H and O–H groups in total. The largest absolute Gasteiger partial charge is 0.456 e. The molecule has 0 aliphatic carbocycles. The molecule has 0 amide bonds. The molecule has 0 aliphatic heterocycles. The average molecular weight is 642 g/mol. The Morgan fingerprint density at radius 3 is 1.66 bits per heavy atom. The van der Waals surface area contributed by atoms with E-state index in [2.05, 4.69) is 60.7 Å². The van der Waals surface area contributed by atoms with Gasteiger partial charge in [0.2, 0.25) is 0 Å². The van der Waals surface area contributed by atoms with Gasteiger partial charge in [0.15, 0.2) is 5.82 Å². The summed E-state index contributed by atoms with van der Waals surface area (Å²) in [7, 11) is 0. The van der Waals surface area contributed by atoms with E-state index in [4.69, 9.17) is 23.8 Å². The lowest BCUT2D eigenvalue weighted by atomic mass is 9.95. The molecular weight excluding hydrogens is 615 g/mol. The van der Waals surface area contributed by atoms with Crippen LogP contribution in [0.15, 0.2) is 173 Å². The van der Waals surface area contributed by atoms with Crippen LogP contribution in [0.5, 0.6) is 0 Å². The van der Waals surface area contributed by atoms with Gasteiger partial charge in [0.05, 0.1) is 17.1 Å². The van der Waals surface area contributed by atoms with Crippen LogP contribution in [0.2, 0.25) is 0 Å². The summed E-state index contributed by atoms with van der Waals surface area (Å²) in [6, 6.07) is 53.6. The smallest absolute Gasteiger partial charge is 0.160 e. The molecule has 0 spiro atoms. The molecule has 0 aliphatic rings. The summed E-state index contributed by atoms with van der Waals surface area (Å²) in [6.07, 6.45) is 1.85. The fourth-order valence-corrected chi connectivity index (χ4v) is 7.08. The van der Waals surface area contributed by atoms with E-state index in [1.54, 1.807) is 0 Å². The molecule has 0 bridgehead atoms. The second kappa shape index (κ2) is 11.4. The van der Waals surface area contributed by atoms with E-state index >= 15 is 0 Å². The first-order valence-corrected chi connectivity index (χ1v) is 16.6. The van der Waals surface area contributed by atoms with E-state index in [1.165, 1.54) is 0 Å². The first kappa shape index (κ1) is 28.2. The van der Waals surface area contributed by atoms with Crippen molar-refractivity contribution < 1.29 is 8.83 Å². The van der Waals surface area contributed by atoms with Crippen molar-refractivity contribution in [1.82, 2.24) is 15.0 Å². The second-order valence-electron chi connectivity index (χ2n) is 12.4. The first-order valence-electron chi connectivity index (χ1n) is 16.6. The third kappa shape index (κ3) is 4.60. The monoisotopic (exact) mass is 641 g/mol. The minimum Gasteiger partial charge on any atom is -0.456 e. The van der Waals surface area contributed by atoms with Gasteiger partial charge in [-0.2, -0.15) is 0 Å². The van der Waals surface area contributed by atoms with E-state index in [-0.39, 0.29) is 0 Å². The number of hydrogen-bond acceptors (Lipinski definition) is 5. The van der Waals surface area contributed by atoms with Gasteiger partial charge >= 0.3 is 0 Å². The van der Waals surface area contributed by atoms with Gasteiger partial charge < -0.3 is 8.83 Å².